The lowest BCUT2D eigenvalue weighted by Gasteiger charge is -2.31. The number of amides is 1. The summed E-state index contributed by atoms with van der Waals surface area (Å²) in [6, 6.07) is 9.75. The maximum absolute atomic E-state index is 13.2. The number of hydrogen-bond donors (Lipinski definition) is 2. The molecule has 1 aliphatic heterocycles. The predicted molar refractivity (Wildman–Crippen MR) is 121 cm³/mol. The van der Waals surface area contributed by atoms with E-state index in [4.69, 9.17) is 0 Å². The molecule has 1 aliphatic rings. The van der Waals surface area contributed by atoms with Crippen LogP contribution in [0.1, 0.15) is 30.1 Å². The van der Waals surface area contributed by atoms with Crippen LogP contribution < -0.4 is 14.9 Å². The average Bonchev–Trinajstić information content (AvgIpc) is 2.77. The molecule has 9 heteroatoms. The van der Waals surface area contributed by atoms with E-state index in [0.717, 1.165) is 51.2 Å². The molecule has 0 spiro atoms. The molecule has 2 N–H and O–H groups in total. The van der Waals surface area contributed by atoms with Crippen molar-refractivity contribution in [3.8, 4) is 0 Å². The molecule has 1 heterocycles. The van der Waals surface area contributed by atoms with Gasteiger partial charge < -0.3 is 15.1 Å². The number of carbonyl (C=O) groups is 1. The highest BCUT2D eigenvalue weighted by molar-refractivity contribution is 7.92. The smallest absolute Gasteiger partial charge is 0.261 e. The second-order valence-corrected chi connectivity index (χ2v) is 9.29. The van der Waals surface area contributed by atoms with E-state index >= 15 is 0 Å². The summed E-state index contributed by atoms with van der Waals surface area (Å²) in [6.07, 6.45) is 1.87. The third kappa shape index (κ3) is 5.74. The van der Waals surface area contributed by atoms with Gasteiger partial charge in [-0.2, -0.15) is 0 Å². The highest BCUT2D eigenvalue weighted by Gasteiger charge is 2.22. The molecule has 7 nitrogen and oxygen atoms in total. The van der Waals surface area contributed by atoms with E-state index in [-0.39, 0.29) is 10.8 Å². The highest BCUT2D eigenvalue weighted by atomic mass is 32.2. The number of anilines is 2. The highest BCUT2D eigenvalue weighted by Crippen LogP contribution is 2.30. The number of rotatable bonds is 8. The molecule has 0 bridgehead atoms. The van der Waals surface area contributed by atoms with E-state index in [0.29, 0.717) is 23.5 Å². The van der Waals surface area contributed by atoms with Crippen LogP contribution in [0.2, 0.25) is 0 Å². The molecule has 2 aromatic rings. The number of nitrogens with zero attached hydrogens (tertiary/aromatic N) is 2. The molecule has 0 aromatic heterocycles. The van der Waals surface area contributed by atoms with Gasteiger partial charge in [0.05, 0.1) is 16.3 Å². The van der Waals surface area contributed by atoms with Crippen LogP contribution in [0, 0.1) is 5.82 Å². The monoisotopic (exact) mass is 448 g/mol. The van der Waals surface area contributed by atoms with Crippen molar-refractivity contribution in [1.29, 1.82) is 0 Å². The molecule has 168 valence electrons. The number of nitrogens with one attached hydrogen (secondary N) is 2. The molecule has 1 saturated heterocycles. The maximum Gasteiger partial charge on any atom is 0.261 e. The van der Waals surface area contributed by atoms with Crippen LogP contribution in [0.4, 0.5) is 15.8 Å². The first-order valence-corrected chi connectivity index (χ1v) is 11.9. The number of sulfonamides is 1. The van der Waals surface area contributed by atoms with Crippen molar-refractivity contribution in [3.63, 3.8) is 0 Å². The van der Waals surface area contributed by atoms with E-state index in [2.05, 4.69) is 21.9 Å². The van der Waals surface area contributed by atoms with Gasteiger partial charge in [0.25, 0.3) is 15.9 Å². The number of benzene rings is 2. The molecule has 2 aromatic carbocycles. The van der Waals surface area contributed by atoms with E-state index in [9.17, 15) is 17.6 Å². The Morgan fingerprint density at radius 3 is 2.48 bits per heavy atom. The van der Waals surface area contributed by atoms with E-state index < -0.39 is 15.8 Å². The van der Waals surface area contributed by atoms with Crippen LogP contribution in [0.15, 0.2) is 47.4 Å². The van der Waals surface area contributed by atoms with Gasteiger partial charge in [0.2, 0.25) is 0 Å². The summed E-state index contributed by atoms with van der Waals surface area (Å²) in [6.45, 7) is 5.69. The number of unbranched alkanes of at least 4 members (excludes halogenated alkanes) is 1. The lowest BCUT2D eigenvalue weighted by atomic mass is 10.1. The molecule has 1 amide bonds. The van der Waals surface area contributed by atoms with E-state index in [1.54, 1.807) is 30.1 Å². The first-order chi connectivity index (χ1) is 14.8. The van der Waals surface area contributed by atoms with Crippen molar-refractivity contribution >= 4 is 27.3 Å². The minimum absolute atomic E-state index is 0.0445. The van der Waals surface area contributed by atoms with Crippen molar-refractivity contribution in [2.24, 2.45) is 0 Å². The lowest BCUT2D eigenvalue weighted by Crippen LogP contribution is -2.43. The average molecular weight is 449 g/mol. The van der Waals surface area contributed by atoms with Crippen molar-refractivity contribution in [2.75, 3.05) is 49.4 Å². The number of halogens is 1. The summed E-state index contributed by atoms with van der Waals surface area (Å²) in [5.74, 6) is -0.675. The SMILES string of the molecule is CCCCN(C)C(=O)c1ccc(N2CCNCC2)c(NS(=O)(=O)c2ccc(F)cc2)c1. The summed E-state index contributed by atoms with van der Waals surface area (Å²) in [5.41, 5.74) is 1.45. The van der Waals surface area contributed by atoms with Gasteiger partial charge in [-0.05, 0) is 48.9 Å². The molecule has 31 heavy (non-hydrogen) atoms. The van der Waals surface area contributed by atoms with Crippen LogP contribution >= 0.6 is 0 Å². The van der Waals surface area contributed by atoms with Crippen LogP contribution in [0.3, 0.4) is 0 Å². The van der Waals surface area contributed by atoms with Crippen molar-refractivity contribution in [1.82, 2.24) is 10.2 Å². The van der Waals surface area contributed by atoms with Gasteiger partial charge in [-0.3, -0.25) is 9.52 Å². The molecule has 0 unspecified atom stereocenters. The largest absolute Gasteiger partial charge is 0.367 e. The summed E-state index contributed by atoms with van der Waals surface area (Å²) >= 11 is 0. The lowest BCUT2D eigenvalue weighted by molar-refractivity contribution is 0.0793. The first kappa shape index (κ1) is 23.0. The number of carbonyl (C=O) groups excluding carboxylic acids is 1. The Hall–Kier alpha value is -2.65. The zero-order valence-corrected chi connectivity index (χ0v) is 18.7. The predicted octanol–water partition coefficient (Wildman–Crippen LogP) is 2.91. The molecule has 0 radical (unpaired) electrons. The van der Waals surface area contributed by atoms with Crippen LogP contribution in [-0.4, -0.2) is 59.0 Å². The van der Waals surface area contributed by atoms with Gasteiger partial charge in [-0.25, -0.2) is 12.8 Å². The second kappa shape index (κ2) is 10.1. The van der Waals surface area contributed by atoms with Gasteiger partial charge in [0, 0.05) is 45.3 Å². The Balaban J connectivity index is 1.95. The van der Waals surface area contributed by atoms with E-state index in [1.807, 2.05) is 0 Å². The van der Waals surface area contributed by atoms with Crippen molar-refractivity contribution < 1.29 is 17.6 Å². The minimum atomic E-state index is -3.95. The van der Waals surface area contributed by atoms with Gasteiger partial charge in [0.15, 0.2) is 0 Å². The fourth-order valence-corrected chi connectivity index (χ4v) is 4.53. The quantitative estimate of drug-likeness (QED) is 0.649. The first-order valence-electron chi connectivity index (χ1n) is 10.5. The summed E-state index contributed by atoms with van der Waals surface area (Å²) in [7, 11) is -2.21. The fourth-order valence-electron chi connectivity index (χ4n) is 3.47. The third-order valence-corrected chi connectivity index (χ3v) is 6.64. The number of hydrogen-bond acceptors (Lipinski definition) is 5. The Bertz CT molecular complexity index is 1010. The third-order valence-electron chi connectivity index (χ3n) is 5.26. The second-order valence-electron chi connectivity index (χ2n) is 7.61. The van der Waals surface area contributed by atoms with Gasteiger partial charge in [-0.1, -0.05) is 13.3 Å². The summed E-state index contributed by atoms with van der Waals surface area (Å²) < 4.78 is 41.7. The van der Waals surface area contributed by atoms with Crippen molar-refractivity contribution in [2.45, 2.75) is 24.7 Å². The topological polar surface area (TPSA) is 81.8 Å². The molecule has 0 aliphatic carbocycles. The van der Waals surface area contributed by atoms with Crippen LogP contribution in [0.5, 0.6) is 0 Å². The van der Waals surface area contributed by atoms with Crippen LogP contribution in [0.25, 0.3) is 0 Å². The zero-order chi connectivity index (χ0) is 22.4. The normalized spacial score (nSPS) is 14.4. The Morgan fingerprint density at radius 1 is 1.16 bits per heavy atom. The Morgan fingerprint density at radius 2 is 1.84 bits per heavy atom. The van der Waals surface area contributed by atoms with Crippen molar-refractivity contribution in [3.05, 3.63) is 53.8 Å². The summed E-state index contributed by atoms with van der Waals surface area (Å²) in [4.78, 5) is 16.5. The maximum atomic E-state index is 13.2. The Labute approximate surface area is 183 Å². The summed E-state index contributed by atoms with van der Waals surface area (Å²) in [5, 5.41) is 3.27. The molecule has 0 atom stereocenters. The molecule has 1 fully saturated rings. The van der Waals surface area contributed by atoms with Gasteiger partial charge in [-0.15, -0.1) is 0 Å². The van der Waals surface area contributed by atoms with Gasteiger partial charge in [0.1, 0.15) is 5.82 Å². The number of piperazine rings is 1. The molecule has 3 rings (SSSR count). The minimum Gasteiger partial charge on any atom is -0.367 e. The fraction of sp³-hybridized carbons (Fsp3) is 0.409. The van der Waals surface area contributed by atoms with E-state index in [1.165, 1.54) is 12.1 Å². The molecule has 0 saturated carbocycles. The van der Waals surface area contributed by atoms with Gasteiger partial charge >= 0.3 is 0 Å². The molecular formula is C22H29FN4O3S. The molecular weight excluding hydrogens is 419 g/mol. The standard InChI is InChI=1S/C22H29FN4O3S/c1-3-4-13-26(2)22(28)17-5-10-21(27-14-11-24-12-15-27)20(16-17)25-31(29,30)19-8-6-18(23)7-9-19/h5-10,16,24-25H,3-4,11-15H2,1-2H3. The Kier molecular flexibility index (Phi) is 7.50. The zero-order valence-electron chi connectivity index (χ0n) is 17.9. The van der Waals surface area contributed by atoms with Crippen LogP contribution in [-0.2, 0) is 10.0 Å².